The van der Waals surface area contributed by atoms with Crippen molar-refractivity contribution in [1.29, 1.82) is 0 Å². The van der Waals surface area contributed by atoms with Gasteiger partial charge in [-0.3, -0.25) is 4.79 Å². The average Bonchev–Trinajstić information content (AvgIpc) is 3.03. The van der Waals surface area contributed by atoms with Crippen molar-refractivity contribution in [2.45, 2.75) is 31.3 Å². The number of anilines is 1. The number of ether oxygens (including phenoxy) is 1. The number of methoxy groups -OCH3 is 1. The molecule has 0 aromatic heterocycles. The number of rotatable bonds is 3. The van der Waals surface area contributed by atoms with Gasteiger partial charge in [-0.15, -0.1) is 0 Å². The van der Waals surface area contributed by atoms with E-state index in [0.717, 1.165) is 12.8 Å². The lowest BCUT2D eigenvalue weighted by Gasteiger charge is -2.19. The lowest BCUT2D eigenvalue weighted by atomic mass is 9.88. The van der Waals surface area contributed by atoms with Crippen molar-refractivity contribution in [1.82, 2.24) is 5.32 Å². The van der Waals surface area contributed by atoms with Gasteiger partial charge in [0.25, 0.3) is 0 Å². The molecule has 0 aliphatic carbocycles. The van der Waals surface area contributed by atoms with E-state index in [1.165, 1.54) is 25.7 Å². The van der Waals surface area contributed by atoms with Crippen LogP contribution in [0.15, 0.2) is 18.2 Å². The number of benzene rings is 1. The zero-order valence-corrected chi connectivity index (χ0v) is 10.8. The molecule has 0 radical (unpaired) electrons. The van der Waals surface area contributed by atoms with Gasteiger partial charge in [-0.25, -0.2) is 4.39 Å². The second-order valence-corrected chi connectivity index (χ2v) is 5.23. The van der Waals surface area contributed by atoms with E-state index in [9.17, 15) is 9.18 Å². The van der Waals surface area contributed by atoms with E-state index < -0.39 is 5.82 Å². The minimum absolute atomic E-state index is 0.00774. The van der Waals surface area contributed by atoms with Gasteiger partial charge < -0.3 is 15.4 Å². The summed E-state index contributed by atoms with van der Waals surface area (Å²) in [5.41, 5.74) is 0.575. The molecular formula is C14H17FN2O2. The Kier molecular flexibility index (Phi) is 3.14. The van der Waals surface area contributed by atoms with Gasteiger partial charge in [-0.1, -0.05) is 0 Å². The monoisotopic (exact) mass is 264 g/mol. The van der Waals surface area contributed by atoms with Crippen LogP contribution in [-0.4, -0.2) is 25.1 Å². The van der Waals surface area contributed by atoms with Crippen LogP contribution in [0.5, 0.6) is 5.75 Å². The smallest absolute Gasteiger partial charge is 0.229 e. The SMILES string of the molecule is COc1cc(NC(=O)C2CC3CCC2N3)ccc1F. The largest absolute Gasteiger partial charge is 0.494 e. The molecule has 2 aliphatic heterocycles. The summed E-state index contributed by atoms with van der Waals surface area (Å²) in [7, 11) is 1.41. The maximum atomic E-state index is 13.3. The lowest BCUT2D eigenvalue weighted by Crippen LogP contribution is -2.32. The lowest BCUT2D eigenvalue weighted by molar-refractivity contribution is -0.120. The number of fused-ring (bicyclic) bond motifs is 2. The Morgan fingerprint density at radius 1 is 1.47 bits per heavy atom. The normalized spacial score (nSPS) is 28.4. The summed E-state index contributed by atoms with van der Waals surface area (Å²) in [6.07, 6.45) is 3.13. The molecule has 1 amide bonds. The summed E-state index contributed by atoms with van der Waals surface area (Å²) >= 11 is 0. The second kappa shape index (κ2) is 4.81. The van der Waals surface area contributed by atoms with E-state index in [0.29, 0.717) is 17.8 Å². The zero-order chi connectivity index (χ0) is 13.4. The molecule has 19 heavy (non-hydrogen) atoms. The van der Waals surface area contributed by atoms with Crippen molar-refractivity contribution in [3.05, 3.63) is 24.0 Å². The number of carbonyl (C=O) groups is 1. The maximum absolute atomic E-state index is 13.3. The molecule has 4 nitrogen and oxygen atoms in total. The van der Waals surface area contributed by atoms with Gasteiger partial charge >= 0.3 is 0 Å². The number of hydrogen-bond donors (Lipinski definition) is 2. The first-order chi connectivity index (χ1) is 9.17. The first-order valence-corrected chi connectivity index (χ1v) is 6.58. The summed E-state index contributed by atoms with van der Waals surface area (Å²) in [6, 6.07) is 5.15. The zero-order valence-electron chi connectivity index (χ0n) is 10.8. The van der Waals surface area contributed by atoms with Crippen molar-refractivity contribution in [2.24, 2.45) is 5.92 Å². The van der Waals surface area contributed by atoms with E-state index >= 15 is 0 Å². The summed E-state index contributed by atoms with van der Waals surface area (Å²) in [5, 5.41) is 6.28. The van der Waals surface area contributed by atoms with Crippen molar-refractivity contribution in [3.63, 3.8) is 0 Å². The molecule has 1 aromatic rings. The Balaban J connectivity index is 1.69. The van der Waals surface area contributed by atoms with E-state index in [1.54, 1.807) is 6.07 Å². The van der Waals surface area contributed by atoms with E-state index in [2.05, 4.69) is 10.6 Å². The molecule has 2 N–H and O–H groups in total. The van der Waals surface area contributed by atoms with E-state index in [-0.39, 0.29) is 17.6 Å². The van der Waals surface area contributed by atoms with Gasteiger partial charge in [0.05, 0.1) is 13.0 Å². The second-order valence-electron chi connectivity index (χ2n) is 5.23. The molecule has 5 heteroatoms. The third kappa shape index (κ3) is 2.30. The van der Waals surface area contributed by atoms with E-state index in [1.807, 2.05) is 0 Å². The third-order valence-electron chi connectivity index (χ3n) is 4.06. The third-order valence-corrected chi connectivity index (χ3v) is 4.06. The summed E-state index contributed by atoms with van der Waals surface area (Å²) in [5.74, 6) is -0.255. The van der Waals surface area contributed by atoms with Gasteiger partial charge in [-0.05, 0) is 31.4 Å². The molecular weight excluding hydrogens is 247 g/mol. The summed E-state index contributed by atoms with van der Waals surface area (Å²) in [4.78, 5) is 12.2. The van der Waals surface area contributed by atoms with Gasteiger partial charge in [0, 0.05) is 23.8 Å². The highest BCUT2D eigenvalue weighted by molar-refractivity contribution is 5.93. The Morgan fingerprint density at radius 2 is 2.32 bits per heavy atom. The minimum Gasteiger partial charge on any atom is -0.494 e. The predicted molar refractivity (Wildman–Crippen MR) is 69.6 cm³/mol. The highest BCUT2D eigenvalue weighted by atomic mass is 19.1. The highest BCUT2D eigenvalue weighted by Crippen LogP contribution is 2.34. The molecule has 2 aliphatic rings. The fourth-order valence-electron chi connectivity index (χ4n) is 3.09. The molecule has 3 unspecified atom stereocenters. The Hall–Kier alpha value is -1.62. The van der Waals surface area contributed by atoms with Crippen LogP contribution < -0.4 is 15.4 Å². The predicted octanol–water partition coefficient (Wildman–Crippen LogP) is 1.91. The molecule has 2 heterocycles. The van der Waals surface area contributed by atoms with Gasteiger partial charge in [0.1, 0.15) is 0 Å². The minimum atomic E-state index is -0.429. The number of halogens is 1. The quantitative estimate of drug-likeness (QED) is 0.877. The van der Waals surface area contributed by atoms with Crippen molar-refractivity contribution >= 4 is 11.6 Å². The summed E-state index contributed by atoms with van der Waals surface area (Å²) < 4.78 is 18.2. The van der Waals surface area contributed by atoms with Gasteiger partial charge in [0.2, 0.25) is 5.91 Å². The average molecular weight is 264 g/mol. The molecule has 2 fully saturated rings. The van der Waals surface area contributed by atoms with Crippen LogP contribution in [0.4, 0.5) is 10.1 Å². The fourth-order valence-corrected chi connectivity index (χ4v) is 3.09. The fraction of sp³-hybridized carbons (Fsp3) is 0.500. The number of amides is 1. The van der Waals surface area contributed by atoms with E-state index in [4.69, 9.17) is 4.74 Å². The molecule has 3 atom stereocenters. The summed E-state index contributed by atoms with van der Waals surface area (Å²) in [6.45, 7) is 0. The topological polar surface area (TPSA) is 50.4 Å². The van der Waals surface area contributed by atoms with Crippen LogP contribution in [0.1, 0.15) is 19.3 Å². The number of nitrogens with one attached hydrogen (secondary N) is 2. The number of hydrogen-bond acceptors (Lipinski definition) is 3. The molecule has 102 valence electrons. The Morgan fingerprint density at radius 3 is 2.95 bits per heavy atom. The van der Waals surface area contributed by atoms with Crippen molar-refractivity contribution < 1.29 is 13.9 Å². The molecule has 3 rings (SSSR count). The molecule has 2 bridgehead atoms. The first kappa shape index (κ1) is 12.4. The Bertz CT molecular complexity index is 506. The van der Waals surface area contributed by atoms with Crippen LogP contribution in [0.2, 0.25) is 0 Å². The number of carbonyl (C=O) groups excluding carboxylic acids is 1. The van der Waals surface area contributed by atoms with Crippen LogP contribution in [0, 0.1) is 11.7 Å². The molecule has 2 saturated heterocycles. The maximum Gasteiger partial charge on any atom is 0.229 e. The van der Waals surface area contributed by atoms with Crippen LogP contribution in [-0.2, 0) is 4.79 Å². The molecule has 0 spiro atoms. The van der Waals surface area contributed by atoms with Crippen LogP contribution in [0.3, 0.4) is 0 Å². The van der Waals surface area contributed by atoms with Crippen LogP contribution in [0.25, 0.3) is 0 Å². The standard InChI is InChI=1S/C14H17FN2O2/c1-19-13-7-9(2-4-11(13)15)17-14(18)10-6-8-3-5-12(10)16-8/h2,4,7-8,10,12,16H,3,5-6H2,1H3,(H,17,18). The highest BCUT2D eigenvalue weighted by Gasteiger charge is 2.42. The molecule has 1 aromatic carbocycles. The Labute approximate surface area is 111 Å². The van der Waals surface area contributed by atoms with Gasteiger partial charge in [0.15, 0.2) is 11.6 Å². The van der Waals surface area contributed by atoms with Crippen molar-refractivity contribution in [2.75, 3.05) is 12.4 Å². The first-order valence-electron chi connectivity index (χ1n) is 6.58. The molecule has 0 saturated carbocycles. The van der Waals surface area contributed by atoms with Gasteiger partial charge in [-0.2, -0.15) is 0 Å². The van der Waals surface area contributed by atoms with Crippen LogP contribution >= 0.6 is 0 Å². The van der Waals surface area contributed by atoms with Crippen molar-refractivity contribution in [3.8, 4) is 5.75 Å².